The molecule has 1 aromatic heterocycles. The molecule has 0 radical (unpaired) electrons. The van der Waals surface area contributed by atoms with Gasteiger partial charge in [-0.15, -0.1) is 0 Å². The van der Waals surface area contributed by atoms with Gasteiger partial charge < -0.3 is 9.47 Å². The van der Waals surface area contributed by atoms with Gasteiger partial charge in [-0.05, 0) is 90.6 Å². The van der Waals surface area contributed by atoms with Crippen LogP contribution in [0.4, 0.5) is 10.1 Å². The van der Waals surface area contributed by atoms with E-state index in [1.807, 2.05) is 12.1 Å². The first-order valence-electron chi connectivity index (χ1n) is 12.5. The largest absolute Gasteiger partial charge is 0.487 e. The molecule has 200 valence electrons. The Morgan fingerprint density at radius 1 is 0.974 bits per heavy atom. The van der Waals surface area contributed by atoms with Crippen LogP contribution in [0.2, 0.25) is 0 Å². The molecule has 39 heavy (non-hydrogen) atoms. The monoisotopic (exact) mass is 546 g/mol. The average molecular weight is 547 g/mol. The lowest BCUT2D eigenvalue weighted by molar-refractivity contribution is 0.0600. The predicted octanol–water partition coefficient (Wildman–Crippen LogP) is 5.47. The number of hydrogen-bond donors (Lipinski definition) is 0. The van der Waals surface area contributed by atoms with Crippen molar-refractivity contribution in [2.75, 3.05) is 11.4 Å². The number of carbonyl (C=O) groups is 1. The fourth-order valence-electron chi connectivity index (χ4n) is 4.61. The summed E-state index contributed by atoms with van der Waals surface area (Å²) in [5.74, 6) is -0.686. The van der Waals surface area contributed by atoms with Gasteiger partial charge in [0, 0.05) is 6.20 Å². The molecular weight excluding hydrogens is 519 g/mol. The van der Waals surface area contributed by atoms with Crippen LogP contribution in [0.1, 0.15) is 39.2 Å². The molecule has 0 saturated carbocycles. The van der Waals surface area contributed by atoms with Crippen molar-refractivity contribution in [1.82, 2.24) is 4.98 Å². The van der Waals surface area contributed by atoms with Crippen LogP contribution in [0.3, 0.4) is 0 Å². The molecule has 0 N–H and O–H groups in total. The van der Waals surface area contributed by atoms with Crippen LogP contribution in [0.25, 0.3) is 0 Å². The van der Waals surface area contributed by atoms with E-state index in [9.17, 15) is 17.6 Å². The number of ether oxygens (including phenoxy) is 2. The van der Waals surface area contributed by atoms with Gasteiger partial charge in [0.2, 0.25) is 0 Å². The van der Waals surface area contributed by atoms with E-state index in [2.05, 4.69) is 4.98 Å². The van der Waals surface area contributed by atoms with Gasteiger partial charge >= 0.3 is 5.97 Å². The number of rotatable bonds is 9. The summed E-state index contributed by atoms with van der Waals surface area (Å²) in [5.41, 5.74) is 4.26. The number of aryl methyl sites for hydroxylation is 2. The number of benzene rings is 3. The Labute approximate surface area is 226 Å². The Morgan fingerprint density at radius 2 is 1.74 bits per heavy atom. The molecule has 3 aromatic carbocycles. The molecule has 0 aliphatic heterocycles. The van der Waals surface area contributed by atoms with Crippen LogP contribution in [0.15, 0.2) is 90.0 Å². The van der Waals surface area contributed by atoms with Crippen molar-refractivity contribution < 1.29 is 27.1 Å². The maximum atomic E-state index is 14.1. The number of hydrogen-bond acceptors (Lipinski definition) is 6. The van der Waals surface area contributed by atoms with Crippen LogP contribution in [-0.2, 0) is 40.8 Å². The normalized spacial score (nSPS) is 12.6. The van der Waals surface area contributed by atoms with E-state index in [4.69, 9.17) is 9.47 Å². The molecule has 1 heterocycles. The number of halogens is 1. The minimum absolute atomic E-state index is 0.0668. The highest BCUT2D eigenvalue weighted by Crippen LogP contribution is 2.39. The fourth-order valence-corrected chi connectivity index (χ4v) is 6.08. The van der Waals surface area contributed by atoms with Gasteiger partial charge in [-0.25, -0.2) is 17.6 Å². The van der Waals surface area contributed by atoms with E-state index in [1.165, 1.54) is 29.6 Å². The van der Waals surface area contributed by atoms with E-state index in [1.54, 1.807) is 48.7 Å². The topological polar surface area (TPSA) is 85.8 Å². The molecule has 7 nitrogen and oxygen atoms in total. The maximum Gasteiger partial charge on any atom is 0.337 e. The summed E-state index contributed by atoms with van der Waals surface area (Å²) >= 11 is 0. The summed E-state index contributed by atoms with van der Waals surface area (Å²) in [5, 5.41) is 0. The van der Waals surface area contributed by atoms with Gasteiger partial charge in [-0.1, -0.05) is 24.3 Å². The highest BCUT2D eigenvalue weighted by molar-refractivity contribution is 7.92. The summed E-state index contributed by atoms with van der Waals surface area (Å²) in [6.45, 7) is 0.0767. The Bertz CT molecular complexity index is 1590. The first-order valence-corrected chi connectivity index (χ1v) is 13.9. The van der Waals surface area contributed by atoms with Gasteiger partial charge in [0.05, 0.1) is 35.5 Å². The average Bonchev–Trinajstić information content (AvgIpc) is 3.42. The van der Waals surface area contributed by atoms with Crippen LogP contribution in [0.5, 0.6) is 5.75 Å². The highest BCUT2D eigenvalue weighted by atomic mass is 32.2. The molecule has 0 bridgehead atoms. The molecule has 0 spiro atoms. The second-order valence-corrected chi connectivity index (χ2v) is 11.1. The zero-order chi connectivity index (χ0) is 27.4. The molecule has 1 aliphatic rings. The van der Waals surface area contributed by atoms with E-state index >= 15 is 0 Å². The summed E-state index contributed by atoms with van der Waals surface area (Å²) < 4.78 is 54.3. The van der Waals surface area contributed by atoms with Gasteiger partial charge in [0.25, 0.3) is 10.0 Å². The van der Waals surface area contributed by atoms with E-state index in [-0.39, 0.29) is 18.0 Å². The van der Waals surface area contributed by atoms with Gasteiger partial charge in [0.1, 0.15) is 18.2 Å². The van der Waals surface area contributed by atoms with E-state index in [0.717, 1.165) is 42.0 Å². The summed E-state index contributed by atoms with van der Waals surface area (Å²) in [6.07, 6.45) is 4.26. The lowest BCUT2D eigenvalue weighted by atomic mass is 10.1. The van der Waals surface area contributed by atoms with Crippen molar-refractivity contribution >= 4 is 21.7 Å². The molecule has 1 aliphatic carbocycles. The van der Waals surface area contributed by atoms with Crippen LogP contribution >= 0.6 is 0 Å². The van der Waals surface area contributed by atoms with Gasteiger partial charge in [0.15, 0.2) is 0 Å². The van der Waals surface area contributed by atoms with Crippen LogP contribution in [-0.4, -0.2) is 26.5 Å². The van der Waals surface area contributed by atoms with Crippen LogP contribution in [0, 0.1) is 5.82 Å². The molecule has 0 fully saturated rings. The number of pyridine rings is 1. The zero-order valence-electron chi connectivity index (χ0n) is 21.3. The smallest absolute Gasteiger partial charge is 0.337 e. The molecule has 9 heteroatoms. The first-order chi connectivity index (χ1) is 18.8. The molecule has 0 atom stereocenters. The predicted molar refractivity (Wildman–Crippen MR) is 145 cm³/mol. The van der Waals surface area contributed by atoms with E-state index in [0.29, 0.717) is 22.7 Å². The number of carbonyl (C=O) groups excluding carboxylic acids is 1. The molecule has 0 unspecified atom stereocenters. The fraction of sp³-hybridized carbons (Fsp3) is 0.200. The summed E-state index contributed by atoms with van der Waals surface area (Å²) in [4.78, 5) is 15.9. The molecule has 0 amide bonds. The van der Waals surface area contributed by atoms with Crippen molar-refractivity contribution in [3.63, 3.8) is 0 Å². The molecule has 0 saturated heterocycles. The van der Waals surface area contributed by atoms with Crippen molar-refractivity contribution in [1.29, 1.82) is 0 Å². The number of sulfonamides is 1. The third-order valence-corrected chi connectivity index (χ3v) is 8.38. The minimum atomic E-state index is -4.19. The maximum absolute atomic E-state index is 14.1. The molecule has 5 rings (SSSR count). The van der Waals surface area contributed by atoms with Gasteiger partial charge in [-0.2, -0.15) is 0 Å². The number of esters is 1. The summed E-state index contributed by atoms with van der Waals surface area (Å²) in [7, 11) is -2.87. The van der Waals surface area contributed by atoms with Crippen molar-refractivity contribution in [3.8, 4) is 5.75 Å². The van der Waals surface area contributed by atoms with Crippen molar-refractivity contribution in [2.45, 2.75) is 37.3 Å². The second-order valence-electron chi connectivity index (χ2n) is 9.21. The third-order valence-electron chi connectivity index (χ3n) is 6.63. The Kier molecular flexibility index (Phi) is 7.60. The zero-order valence-corrected chi connectivity index (χ0v) is 22.2. The molecule has 4 aromatic rings. The standard InChI is InChI=1S/C30H27FN2O5S/c1-37-30(34)22-13-11-21(12-14-22)20-38-29-17-24-7-4-6-23(24)16-28(29)33(19-26-9-2-3-15-32-26)39(35,36)27-10-5-8-25(31)18-27/h2-3,5,8-18H,4,6-7,19-20H2,1H3. The van der Waals surface area contributed by atoms with Gasteiger partial charge in [-0.3, -0.25) is 9.29 Å². The SMILES string of the molecule is COC(=O)c1ccc(COc2cc3c(cc2N(Cc2ccccn2)S(=O)(=O)c2cccc(F)c2)CCC3)cc1. The lowest BCUT2D eigenvalue weighted by Gasteiger charge is -2.27. The lowest BCUT2D eigenvalue weighted by Crippen LogP contribution is -2.31. The Morgan fingerprint density at radius 3 is 2.44 bits per heavy atom. The van der Waals surface area contributed by atoms with Crippen molar-refractivity contribution in [2.24, 2.45) is 0 Å². The second kappa shape index (κ2) is 11.2. The van der Waals surface area contributed by atoms with Crippen molar-refractivity contribution in [3.05, 3.63) is 119 Å². The minimum Gasteiger partial charge on any atom is -0.487 e. The number of aromatic nitrogens is 1. The first kappa shape index (κ1) is 26.4. The number of anilines is 1. The highest BCUT2D eigenvalue weighted by Gasteiger charge is 2.30. The molecular formula is C30H27FN2O5S. The number of methoxy groups -OCH3 is 1. The third kappa shape index (κ3) is 5.78. The quantitative estimate of drug-likeness (QED) is 0.259. The van der Waals surface area contributed by atoms with E-state index < -0.39 is 21.8 Å². The number of fused-ring (bicyclic) bond motifs is 1. The van der Waals surface area contributed by atoms with Crippen LogP contribution < -0.4 is 9.04 Å². The summed E-state index contributed by atoms with van der Waals surface area (Å²) in [6, 6.07) is 20.8. The number of nitrogens with zero attached hydrogens (tertiary/aromatic N) is 2. The Balaban J connectivity index is 1.55. The Hall–Kier alpha value is -4.24.